The van der Waals surface area contributed by atoms with Crippen molar-refractivity contribution in [2.75, 3.05) is 33.2 Å². The highest BCUT2D eigenvalue weighted by Crippen LogP contribution is 2.01. The minimum absolute atomic E-state index is 0.464. The smallest absolute Gasteiger partial charge is 0.202 e. The Morgan fingerprint density at radius 3 is 2.27 bits per heavy atom. The van der Waals surface area contributed by atoms with Gasteiger partial charge in [-0.3, -0.25) is 9.69 Å². The van der Waals surface area contributed by atoms with Crippen LogP contribution in [0.3, 0.4) is 0 Å². The Morgan fingerprint density at radius 1 is 1.27 bits per heavy atom. The van der Waals surface area contributed by atoms with Gasteiger partial charge < -0.3 is 4.90 Å². The monoisotopic (exact) mass is 157 g/mol. The van der Waals surface area contributed by atoms with Gasteiger partial charge in [-0.2, -0.15) is 0 Å². The highest BCUT2D eigenvalue weighted by molar-refractivity contribution is 5.54. The maximum Gasteiger partial charge on any atom is 0.202 e. The number of aldehydes is 1. The summed E-state index contributed by atoms with van der Waals surface area (Å²) in [7, 11) is 2.01. The van der Waals surface area contributed by atoms with Crippen LogP contribution in [0.4, 0.5) is 0 Å². The summed E-state index contributed by atoms with van der Waals surface area (Å²) in [5.41, 5.74) is 0. The van der Waals surface area contributed by atoms with Crippen LogP contribution in [-0.2, 0) is 9.90 Å². The molecule has 1 saturated heterocycles. The molecule has 1 radical (unpaired) electrons. The van der Waals surface area contributed by atoms with E-state index in [0.29, 0.717) is 19.4 Å². The summed E-state index contributed by atoms with van der Waals surface area (Å²) < 4.78 is 0. The maximum atomic E-state index is 10.9. The quantitative estimate of drug-likeness (QED) is 0.492. The second-order valence-corrected chi connectivity index (χ2v) is 2.87. The van der Waals surface area contributed by atoms with Gasteiger partial charge >= 0.3 is 0 Å². The molecule has 1 atom stereocenters. The van der Waals surface area contributed by atoms with Gasteiger partial charge in [0, 0.05) is 26.2 Å². The Morgan fingerprint density at radius 2 is 1.82 bits per heavy atom. The molecule has 0 saturated carbocycles. The van der Waals surface area contributed by atoms with E-state index in [4.69, 9.17) is 0 Å². The van der Waals surface area contributed by atoms with Crippen LogP contribution in [0, 0.1) is 0 Å². The molecule has 63 valence electrons. The average Bonchev–Trinajstić information content (AvgIpc) is 2.05. The summed E-state index contributed by atoms with van der Waals surface area (Å²) in [6.07, 6.45) is -0.686. The zero-order valence-corrected chi connectivity index (χ0v) is 6.69. The molecule has 4 heteroatoms. The lowest BCUT2D eigenvalue weighted by atomic mass is 10.3. The Labute approximate surface area is 66.4 Å². The van der Waals surface area contributed by atoms with Crippen molar-refractivity contribution >= 4 is 6.29 Å². The molecule has 0 amide bonds. The largest absolute Gasteiger partial charge is 0.304 e. The van der Waals surface area contributed by atoms with E-state index in [1.54, 1.807) is 4.90 Å². The molecule has 0 N–H and O–H groups in total. The van der Waals surface area contributed by atoms with Gasteiger partial charge in [-0.25, -0.2) is 5.11 Å². The molecule has 1 aliphatic heterocycles. The van der Waals surface area contributed by atoms with Crippen LogP contribution in [0.2, 0.25) is 0 Å². The molecule has 1 unspecified atom stereocenters. The zero-order chi connectivity index (χ0) is 8.27. The first-order valence-electron chi connectivity index (χ1n) is 3.78. The van der Waals surface area contributed by atoms with Gasteiger partial charge in [0.1, 0.15) is 0 Å². The summed E-state index contributed by atoms with van der Waals surface area (Å²) in [5.74, 6) is 0. The predicted molar refractivity (Wildman–Crippen MR) is 39.6 cm³/mol. The zero-order valence-electron chi connectivity index (χ0n) is 6.69. The maximum absolute atomic E-state index is 10.9. The van der Waals surface area contributed by atoms with Crippen molar-refractivity contribution in [1.82, 2.24) is 9.80 Å². The molecule has 0 spiro atoms. The third-order valence-corrected chi connectivity index (χ3v) is 2.01. The molecule has 1 rings (SSSR count). The number of nitrogens with zero attached hydrogens (tertiary/aromatic N) is 2. The van der Waals surface area contributed by atoms with Crippen molar-refractivity contribution in [1.29, 1.82) is 0 Å². The fraction of sp³-hybridized carbons (Fsp3) is 0.857. The molecule has 1 heterocycles. The van der Waals surface area contributed by atoms with Crippen LogP contribution >= 0.6 is 0 Å². The first-order valence-corrected chi connectivity index (χ1v) is 3.78. The average molecular weight is 157 g/mol. The third kappa shape index (κ3) is 2.25. The molecule has 0 aromatic carbocycles. The summed E-state index contributed by atoms with van der Waals surface area (Å²) in [4.78, 5) is 13.9. The first-order chi connectivity index (χ1) is 5.24. The van der Waals surface area contributed by atoms with E-state index < -0.39 is 6.23 Å². The standard InChI is InChI=1S/C7H13N2O2/c1-8-2-4-9(5-3-8)7(11)6-10/h6-7H,2-5H2,1H3. The predicted octanol–water partition coefficient (Wildman–Crippen LogP) is -0.811. The highest BCUT2D eigenvalue weighted by Gasteiger charge is 2.20. The van der Waals surface area contributed by atoms with Crippen molar-refractivity contribution in [3.8, 4) is 0 Å². The van der Waals surface area contributed by atoms with Crippen LogP contribution in [0.1, 0.15) is 0 Å². The van der Waals surface area contributed by atoms with Crippen LogP contribution < -0.4 is 0 Å². The van der Waals surface area contributed by atoms with Crippen molar-refractivity contribution in [3.63, 3.8) is 0 Å². The summed E-state index contributed by atoms with van der Waals surface area (Å²) in [5, 5.41) is 10.9. The summed E-state index contributed by atoms with van der Waals surface area (Å²) >= 11 is 0. The van der Waals surface area contributed by atoms with Gasteiger partial charge in [-0.1, -0.05) is 0 Å². The summed E-state index contributed by atoms with van der Waals surface area (Å²) in [6.45, 7) is 3.19. The lowest BCUT2D eigenvalue weighted by Crippen LogP contribution is -2.49. The summed E-state index contributed by atoms with van der Waals surface area (Å²) in [6, 6.07) is 0. The van der Waals surface area contributed by atoms with Crippen LogP contribution in [0.15, 0.2) is 0 Å². The second-order valence-electron chi connectivity index (χ2n) is 2.87. The van der Waals surface area contributed by atoms with Gasteiger partial charge in [0.25, 0.3) is 0 Å². The molecular formula is C7H13N2O2. The topological polar surface area (TPSA) is 43.5 Å². The van der Waals surface area contributed by atoms with Crippen molar-refractivity contribution < 1.29 is 9.90 Å². The Kier molecular flexibility index (Phi) is 2.99. The normalized spacial score (nSPS) is 24.9. The van der Waals surface area contributed by atoms with Gasteiger partial charge in [0.05, 0.1) is 0 Å². The van der Waals surface area contributed by atoms with Gasteiger partial charge in [-0.15, -0.1) is 0 Å². The Bertz CT molecular complexity index is 132. The van der Waals surface area contributed by atoms with E-state index in [2.05, 4.69) is 4.90 Å². The number of hydrogen-bond acceptors (Lipinski definition) is 3. The van der Waals surface area contributed by atoms with Crippen molar-refractivity contribution in [2.24, 2.45) is 0 Å². The highest BCUT2D eigenvalue weighted by atomic mass is 16.3. The van der Waals surface area contributed by atoms with Gasteiger partial charge in [0.15, 0.2) is 6.29 Å². The number of carbonyl (C=O) groups excluding carboxylic acids is 1. The van der Waals surface area contributed by atoms with E-state index in [1.807, 2.05) is 7.05 Å². The lowest BCUT2D eigenvalue weighted by Gasteiger charge is -2.32. The molecule has 11 heavy (non-hydrogen) atoms. The number of piperazine rings is 1. The molecule has 0 aromatic heterocycles. The molecule has 0 bridgehead atoms. The Hall–Kier alpha value is -0.450. The molecule has 4 nitrogen and oxygen atoms in total. The van der Waals surface area contributed by atoms with Crippen LogP contribution in [-0.4, -0.2) is 55.5 Å². The van der Waals surface area contributed by atoms with E-state index in [0.717, 1.165) is 13.1 Å². The minimum Gasteiger partial charge on any atom is -0.304 e. The molecule has 1 aliphatic rings. The number of hydrogen-bond donors (Lipinski definition) is 0. The first kappa shape index (κ1) is 8.64. The van der Waals surface area contributed by atoms with Crippen LogP contribution in [0.25, 0.3) is 0 Å². The van der Waals surface area contributed by atoms with Gasteiger partial charge in [-0.05, 0) is 7.05 Å². The van der Waals surface area contributed by atoms with E-state index >= 15 is 0 Å². The van der Waals surface area contributed by atoms with Gasteiger partial charge in [0.2, 0.25) is 6.23 Å². The molecule has 0 aliphatic carbocycles. The lowest BCUT2D eigenvalue weighted by molar-refractivity contribution is -0.133. The van der Waals surface area contributed by atoms with E-state index in [-0.39, 0.29) is 0 Å². The minimum atomic E-state index is -1.15. The molecular weight excluding hydrogens is 144 g/mol. The Balaban J connectivity index is 2.32. The van der Waals surface area contributed by atoms with E-state index in [1.165, 1.54) is 0 Å². The number of rotatable bonds is 2. The number of carbonyl (C=O) groups is 1. The fourth-order valence-corrected chi connectivity index (χ4v) is 1.16. The molecule has 0 aromatic rings. The third-order valence-electron chi connectivity index (χ3n) is 2.01. The molecule has 1 fully saturated rings. The number of likely N-dealkylation sites (N-methyl/N-ethyl adjacent to an activating group) is 1. The fourth-order valence-electron chi connectivity index (χ4n) is 1.16. The van der Waals surface area contributed by atoms with Crippen molar-refractivity contribution in [3.05, 3.63) is 0 Å². The van der Waals surface area contributed by atoms with Crippen LogP contribution in [0.5, 0.6) is 0 Å². The van der Waals surface area contributed by atoms with E-state index in [9.17, 15) is 9.90 Å². The van der Waals surface area contributed by atoms with Crippen molar-refractivity contribution in [2.45, 2.75) is 6.23 Å². The second kappa shape index (κ2) is 3.80. The SMILES string of the molecule is CN1CCN(C([O])C=O)CC1.